The molecule has 3 rings (SSSR count). The van der Waals surface area contributed by atoms with Gasteiger partial charge in [-0.15, -0.1) is 10.2 Å². The van der Waals surface area contributed by atoms with Crippen LogP contribution in [0.15, 0.2) is 18.2 Å². The molecular weight excluding hydrogens is 244 g/mol. The lowest BCUT2D eigenvalue weighted by molar-refractivity contribution is 0.0382. The first kappa shape index (κ1) is 12.3. The lowest BCUT2D eigenvalue weighted by atomic mass is 10.3. The molecule has 100 valence electrons. The number of fused-ring (bicyclic) bond motifs is 1. The highest BCUT2D eigenvalue weighted by Gasteiger charge is 2.13. The summed E-state index contributed by atoms with van der Waals surface area (Å²) in [5.74, 6) is 0.837. The van der Waals surface area contributed by atoms with Gasteiger partial charge in [0.1, 0.15) is 5.82 Å². The molecular formula is C13H16N4O2. The molecule has 0 bridgehead atoms. The number of ether oxygens (including phenoxy) is 1. The maximum absolute atomic E-state index is 11.1. The number of pyridine rings is 1. The van der Waals surface area contributed by atoms with E-state index in [2.05, 4.69) is 15.1 Å². The number of aldehydes is 1. The smallest absolute Gasteiger partial charge is 0.166 e. The molecule has 6 nitrogen and oxygen atoms in total. The molecule has 0 radical (unpaired) electrons. The second kappa shape index (κ2) is 5.46. The molecule has 1 aliphatic heterocycles. The second-order valence-corrected chi connectivity index (χ2v) is 4.58. The summed E-state index contributed by atoms with van der Waals surface area (Å²) in [6.45, 7) is 4.41. The van der Waals surface area contributed by atoms with Gasteiger partial charge in [0.25, 0.3) is 0 Å². The molecule has 0 N–H and O–H groups in total. The molecule has 19 heavy (non-hydrogen) atoms. The Balaban J connectivity index is 1.78. The van der Waals surface area contributed by atoms with Crippen molar-refractivity contribution in [2.24, 2.45) is 0 Å². The topological polar surface area (TPSA) is 59.7 Å². The molecule has 2 aromatic rings. The van der Waals surface area contributed by atoms with Gasteiger partial charge in [0.05, 0.1) is 18.9 Å². The number of carbonyl (C=O) groups excluding carboxylic acids is 1. The van der Waals surface area contributed by atoms with Crippen LogP contribution in [0, 0.1) is 0 Å². The highest BCUT2D eigenvalue weighted by molar-refractivity contribution is 5.73. The predicted molar refractivity (Wildman–Crippen MR) is 69.3 cm³/mol. The summed E-state index contributed by atoms with van der Waals surface area (Å²) in [6.07, 6.45) is 1.63. The van der Waals surface area contributed by atoms with Crippen LogP contribution in [0.2, 0.25) is 0 Å². The van der Waals surface area contributed by atoms with Crippen LogP contribution in [0.3, 0.4) is 0 Å². The molecule has 0 unspecified atom stereocenters. The molecule has 1 saturated heterocycles. The van der Waals surface area contributed by atoms with Gasteiger partial charge in [-0.05, 0) is 12.1 Å². The van der Waals surface area contributed by atoms with Crippen molar-refractivity contribution in [3.05, 3.63) is 29.7 Å². The lowest BCUT2D eigenvalue weighted by Crippen LogP contribution is -2.37. The molecule has 6 heteroatoms. The number of morpholine rings is 1. The van der Waals surface area contributed by atoms with Crippen LogP contribution in [-0.4, -0.2) is 58.6 Å². The van der Waals surface area contributed by atoms with E-state index in [-0.39, 0.29) is 0 Å². The Morgan fingerprint density at radius 1 is 1.26 bits per heavy atom. The quantitative estimate of drug-likeness (QED) is 0.745. The van der Waals surface area contributed by atoms with Gasteiger partial charge >= 0.3 is 0 Å². The summed E-state index contributed by atoms with van der Waals surface area (Å²) in [5, 5.41) is 8.29. The number of nitrogens with zero attached hydrogens (tertiary/aromatic N) is 4. The minimum Gasteiger partial charge on any atom is -0.379 e. The molecule has 0 spiro atoms. The van der Waals surface area contributed by atoms with Crippen molar-refractivity contribution >= 4 is 11.9 Å². The van der Waals surface area contributed by atoms with Crippen molar-refractivity contribution in [1.82, 2.24) is 19.5 Å². The molecule has 2 aromatic heterocycles. The molecule has 0 atom stereocenters. The number of rotatable bonds is 4. The number of hydrogen-bond acceptors (Lipinski definition) is 5. The van der Waals surface area contributed by atoms with Crippen molar-refractivity contribution in [3.8, 4) is 0 Å². The maximum atomic E-state index is 11.1. The number of hydrogen-bond donors (Lipinski definition) is 0. The van der Waals surface area contributed by atoms with Gasteiger partial charge in [-0.2, -0.15) is 0 Å². The normalized spacial score (nSPS) is 16.8. The van der Waals surface area contributed by atoms with Crippen LogP contribution in [0.1, 0.15) is 16.3 Å². The largest absolute Gasteiger partial charge is 0.379 e. The molecule has 0 saturated carbocycles. The summed E-state index contributed by atoms with van der Waals surface area (Å²) in [6, 6.07) is 5.46. The SMILES string of the molecule is O=Cc1cccc2nnc(CCN3CCOCC3)n12. The summed E-state index contributed by atoms with van der Waals surface area (Å²) in [7, 11) is 0. The molecule has 3 heterocycles. The Labute approximate surface area is 111 Å². The number of carbonyl (C=O) groups is 1. The first-order valence-electron chi connectivity index (χ1n) is 6.47. The Hall–Kier alpha value is -1.79. The molecule has 0 aromatic carbocycles. The first-order chi connectivity index (χ1) is 9.38. The van der Waals surface area contributed by atoms with Crippen LogP contribution in [0.5, 0.6) is 0 Å². The third kappa shape index (κ3) is 2.50. The fourth-order valence-electron chi connectivity index (χ4n) is 2.36. The summed E-state index contributed by atoms with van der Waals surface area (Å²) in [4.78, 5) is 13.4. The summed E-state index contributed by atoms with van der Waals surface area (Å²) in [5.41, 5.74) is 1.32. The van der Waals surface area contributed by atoms with Crippen molar-refractivity contribution in [2.75, 3.05) is 32.8 Å². The Kier molecular flexibility index (Phi) is 3.52. The number of aromatic nitrogens is 3. The molecule has 1 fully saturated rings. The highest BCUT2D eigenvalue weighted by atomic mass is 16.5. The zero-order valence-corrected chi connectivity index (χ0v) is 10.7. The van der Waals surface area contributed by atoms with E-state index in [4.69, 9.17) is 4.74 Å². The third-order valence-electron chi connectivity index (χ3n) is 3.40. The van der Waals surface area contributed by atoms with E-state index < -0.39 is 0 Å². The molecule has 1 aliphatic rings. The average molecular weight is 260 g/mol. The Bertz CT molecular complexity index is 575. The zero-order chi connectivity index (χ0) is 13.1. The first-order valence-corrected chi connectivity index (χ1v) is 6.47. The highest BCUT2D eigenvalue weighted by Crippen LogP contribution is 2.08. The second-order valence-electron chi connectivity index (χ2n) is 4.58. The van der Waals surface area contributed by atoms with Gasteiger partial charge in [0, 0.05) is 26.1 Å². The third-order valence-corrected chi connectivity index (χ3v) is 3.40. The fourth-order valence-corrected chi connectivity index (χ4v) is 2.36. The van der Waals surface area contributed by atoms with Gasteiger partial charge in [-0.1, -0.05) is 6.07 Å². The summed E-state index contributed by atoms with van der Waals surface area (Å²) < 4.78 is 7.15. The van der Waals surface area contributed by atoms with E-state index in [0.29, 0.717) is 5.69 Å². The van der Waals surface area contributed by atoms with Crippen LogP contribution in [0.25, 0.3) is 5.65 Å². The van der Waals surface area contributed by atoms with E-state index in [1.165, 1.54) is 0 Å². The molecule has 0 aliphatic carbocycles. The zero-order valence-electron chi connectivity index (χ0n) is 10.7. The van der Waals surface area contributed by atoms with E-state index in [0.717, 1.165) is 57.0 Å². The van der Waals surface area contributed by atoms with Crippen molar-refractivity contribution in [1.29, 1.82) is 0 Å². The maximum Gasteiger partial charge on any atom is 0.166 e. The van der Waals surface area contributed by atoms with Crippen molar-refractivity contribution in [3.63, 3.8) is 0 Å². The van der Waals surface area contributed by atoms with Gasteiger partial charge in [-0.3, -0.25) is 14.1 Å². The van der Waals surface area contributed by atoms with Crippen molar-refractivity contribution in [2.45, 2.75) is 6.42 Å². The van der Waals surface area contributed by atoms with E-state index in [1.54, 1.807) is 6.07 Å². The minimum atomic E-state index is 0.597. The van der Waals surface area contributed by atoms with Gasteiger partial charge < -0.3 is 4.74 Å². The van der Waals surface area contributed by atoms with Crippen molar-refractivity contribution < 1.29 is 9.53 Å². The van der Waals surface area contributed by atoms with Gasteiger partial charge in [0.2, 0.25) is 0 Å². The van der Waals surface area contributed by atoms with Crippen LogP contribution >= 0.6 is 0 Å². The van der Waals surface area contributed by atoms with Crippen LogP contribution < -0.4 is 0 Å². The van der Waals surface area contributed by atoms with E-state index in [9.17, 15) is 4.79 Å². The Morgan fingerprint density at radius 2 is 2.11 bits per heavy atom. The predicted octanol–water partition coefficient (Wildman–Crippen LogP) is 0.416. The average Bonchev–Trinajstić information content (AvgIpc) is 2.89. The van der Waals surface area contributed by atoms with Gasteiger partial charge in [0.15, 0.2) is 11.9 Å². The molecule has 0 amide bonds. The fraction of sp³-hybridized carbons (Fsp3) is 0.462. The monoisotopic (exact) mass is 260 g/mol. The minimum absolute atomic E-state index is 0.597. The van der Waals surface area contributed by atoms with Crippen LogP contribution in [0.4, 0.5) is 0 Å². The van der Waals surface area contributed by atoms with Gasteiger partial charge in [-0.25, -0.2) is 0 Å². The standard InChI is InChI=1S/C13H16N4O2/c18-10-11-2-1-3-12-14-15-13(17(11)12)4-5-16-6-8-19-9-7-16/h1-3,10H,4-9H2. The van der Waals surface area contributed by atoms with E-state index in [1.807, 2.05) is 16.5 Å². The lowest BCUT2D eigenvalue weighted by Gasteiger charge is -2.26. The van der Waals surface area contributed by atoms with E-state index >= 15 is 0 Å². The summed E-state index contributed by atoms with van der Waals surface area (Å²) >= 11 is 0. The van der Waals surface area contributed by atoms with Crippen LogP contribution in [-0.2, 0) is 11.2 Å². The Morgan fingerprint density at radius 3 is 2.89 bits per heavy atom.